The third-order valence-electron chi connectivity index (χ3n) is 6.51. The Hall–Kier alpha value is -1.55. The average molecular weight is 329 g/mol. The summed E-state index contributed by atoms with van der Waals surface area (Å²) in [5.41, 5.74) is 1.07. The molecule has 1 amide bonds. The Bertz CT molecular complexity index is 551. The van der Waals surface area contributed by atoms with E-state index < -0.39 is 6.09 Å². The molecule has 4 heteroatoms. The lowest BCUT2D eigenvalue weighted by Gasteiger charge is -2.59. The molecule has 0 radical (unpaired) electrons. The number of nitrogens with one attached hydrogen (secondary N) is 1. The molecule has 4 fully saturated rings. The highest BCUT2D eigenvalue weighted by atomic mass is 16.5. The van der Waals surface area contributed by atoms with Crippen molar-refractivity contribution in [3.8, 4) is 0 Å². The van der Waals surface area contributed by atoms with Crippen molar-refractivity contribution in [2.24, 2.45) is 23.2 Å². The second kappa shape index (κ2) is 6.40. The highest BCUT2D eigenvalue weighted by molar-refractivity contribution is 5.67. The van der Waals surface area contributed by atoms with Crippen molar-refractivity contribution in [1.29, 1.82) is 0 Å². The quantitative estimate of drug-likeness (QED) is 0.869. The predicted octanol–water partition coefficient (Wildman–Crippen LogP) is 3.49. The van der Waals surface area contributed by atoms with E-state index in [1.165, 1.54) is 19.3 Å². The average Bonchev–Trinajstić information content (AvgIpc) is 2.57. The number of aliphatic hydroxyl groups excluding tert-OH is 1. The monoisotopic (exact) mass is 329 g/mol. The molecule has 1 aromatic carbocycles. The number of amides is 1. The largest absolute Gasteiger partial charge is 0.445 e. The summed E-state index contributed by atoms with van der Waals surface area (Å²) in [6.45, 7) is 0.276. The summed E-state index contributed by atoms with van der Waals surface area (Å²) in [5, 5.41) is 12.9. The van der Waals surface area contributed by atoms with Crippen molar-refractivity contribution in [3.63, 3.8) is 0 Å². The fraction of sp³-hybridized carbons (Fsp3) is 0.650. The molecule has 4 bridgehead atoms. The number of rotatable bonds is 5. The van der Waals surface area contributed by atoms with Gasteiger partial charge in [0.15, 0.2) is 0 Å². The first-order chi connectivity index (χ1) is 11.7. The number of hydrogen-bond donors (Lipinski definition) is 2. The normalized spacial score (nSPS) is 34.8. The molecule has 0 heterocycles. The van der Waals surface area contributed by atoms with Gasteiger partial charge in [-0.2, -0.15) is 0 Å². The Kier molecular flexibility index (Phi) is 4.25. The van der Waals surface area contributed by atoms with Crippen LogP contribution in [0.15, 0.2) is 30.3 Å². The van der Waals surface area contributed by atoms with Gasteiger partial charge in [-0.15, -0.1) is 0 Å². The van der Waals surface area contributed by atoms with Crippen molar-refractivity contribution >= 4 is 6.09 Å². The van der Waals surface area contributed by atoms with Crippen LogP contribution in [0.3, 0.4) is 0 Å². The Morgan fingerprint density at radius 3 is 2.25 bits per heavy atom. The minimum Gasteiger partial charge on any atom is -0.445 e. The van der Waals surface area contributed by atoms with Crippen molar-refractivity contribution in [1.82, 2.24) is 5.32 Å². The van der Waals surface area contributed by atoms with Crippen LogP contribution < -0.4 is 5.32 Å². The van der Waals surface area contributed by atoms with E-state index in [4.69, 9.17) is 4.74 Å². The third-order valence-corrected chi connectivity index (χ3v) is 6.51. The number of carbonyl (C=O) groups excluding carboxylic acids is 1. The molecule has 4 saturated carbocycles. The van der Waals surface area contributed by atoms with Gasteiger partial charge < -0.3 is 15.2 Å². The molecule has 130 valence electrons. The molecular formula is C20H27NO3. The van der Waals surface area contributed by atoms with E-state index in [0.29, 0.717) is 0 Å². The van der Waals surface area contributed by atoms with Gasteiger partial charge in [0.25, 0.3) is 0 Å². The van der Waals surface area contributed by atoms with Crippen LogP contribution >= 0.6 is 0 Å². The van der Waals surface area contributed by atoms with Gasteiger partial charge in [-0.1, -0.05) is 30.3 Å². The lowest BCUT2D eigenvalue weighted by molar-refractivity contribution is -0.0816. The van der Waals surface area contributed by atoms with Crippen LogP contribution in [0, 0.1) is 23.2 Å². The van der Waals surface area contributed by atoms with Crippen LogP contribution in [0.2, 0.25) is 0 Å². The summed E-state index contributed by atoms with van der Waals surface area (Å²) in [6.07, 6.45) is 7.13. The van der Waals surface area contributed by atoms with E-state index in [1.807, 2.05) is 30.3 Å². The molecule has 4 aliphatic rings. The zero-order valence-corrected chi connectivity index (χ0v) is 14.1. The van der Waals surface area contributed by atoms with Crippen LogP contribution in [0.4, 0.5) is 4.79 Å². The molecule has 0 aliphatic heterocycles. The number of aliphatic hydroxyl groups is 1. The zero-order valence-electron chi connectivity index (χ0n) is 14.1. The lowest BCUT2D eigenvalue weighted by Crippen LogP contribution is -2.58. The van der Waals surface area contributed by atoms with E-state index in [0.717, 1.165) is 42.6 Å². The first-order valence-electron chi connectivity index (χ1n) is 9.25. The van der Waals surface area contributed by atoms with Crippen LogP contribution in [-0.4, -0.2) is 23.8 Å². The van der Waals surface area contributed by atoms with Crippen LogP contribution in [-0.2, 0) is 11.3 Å². The molecule has 0 saturated heterocycles. The molecule has 2 N–H and O–H groups in total. The summed E-state index contributed by atoms with van der Waals surface area (Å²) in [6, 6.07) is 9.52. The van der Waals surface area contributed by atoms with Crippen molar-refractivity contribution in [3.05, 3.63) is 35.9 Å². The fourth-order valence-corrected chi connectivity index (χ4v) is 5.90. The number of carbonyl (C=O) groups is 1. The predicted molar refractivity (Wildman–Crippen MR) is 91.2 cm³/mol. The topological polar surface area (TPSA) is 58.6 Å². The van der Waals surface area contributed by atoms with Gasteiger partial charge in [0, 0.05) is 0 Å². The van der Waals surface area contributed by atoms with E-state index in [1.54, 1.807) is 0 Å². The molecule has 24 heavy (non-hydrogen) atoms. The third kappa shape index (κ3) is 3.04. The molecule has 4 aliphatic carbocycles. The minimum atomic E-state index is -0.409. The highest BCUT2D eigenvalue weighted by Gasteiger charge is 2.54. The maximum absolute atomic E-state index is 12.2. The minimum absolute atomic E-state index is 0.00654. The van der Waals surface area contributed by atoms with Gasteiger partial charge in [0.05, 0.1) is 12.6 Å². The van der Waals surface area contributed by atoms with Gasteiger partial charge in [-0.3, -0.25) is 0 Å². The zero-order chi connectivity index (χ0) is 16.6. The SMILES string of the molecule is O=C(N[C@@H](CO)C12CC3CC(CC(C3)C1)C2)OCc1ccccc1. The Morgan fingerprint density at radius 1 is 1.12 bits per heavy atom. The molecule has 1 atom stereocenters. The summed E-state index contributed by atoms with van der Waals surface area (Å²) < 4.78 is 5.36. The second-order valence-electron chi connectivity index (χ2n) is 8.22. The molecule has 5 rings (SSSR count). The van der Waals surface area contributed by atoms with E-state index in [9.17, 15) is 9.90 Å². The Morgan fingerprint density at radius 2 is 1.71 bits per heavy atom. The maximum atomic E-state index is 12.2. The Labute approximate surface area is 143 Å². The first-order valence-corrected chi connectivity index (χ1v) is 9.25. The maximum Gasteiger partial charge on any atom is 0.407 e. The molecule has 0 aromatic heterocycles. The van der Waals surface area contributed by atoms with Gasteiger partial charge in [0.2, 0.25) is 0 Å². The van der Waals surface area contributed by atoms with Crippen LogP contribution in [0.25, 0.3) is 0 Å². The molecule has 4 nitrogen and oxygen atoms in total. The number of ether oxygens (including phenoxy) is 1. The van der Waals surface area contributed by atoms with Crippen molar-refractivity contribution < 1.29 is 14.6 Å². The summed E-state index contributed by atoms with van der Waals surface area (Å²) in [4.78, 5) is 12.2. The lowest BCUT2D eigenvalue weighted by atomic mass is 9.48. The standard InChI is InChI=1S/C20H27NO3/c22-12-18(21-19(23)24-13-14-4-2-1-3-5-14)20-9-15-6-16(10-20)8-17(7-15)11-20/h1-5,15-18,22H,6-13H2,(H,21,23)/t15?,16?,17?,18-,20?/m0/s1. The van der Waals surface area contributed by atoms with E-state index in [-0.39, 0.29) is 24.7 Å². The summed E-state index contributed by atoms with van der Waals surface area (Å²) in [5.74, 6) is 2.40. The first kappa shape index (κ1) is 15.9. The summed E-state index contributed by atoms with van der Waals surface area (Å²) >= 11 is 0. The van der Waals surface area contributed by atoms with Crippen molar-refractivity contribution in [2.75, 3.05) is 6.61 Å². The summed E-state index contributed by atoms with van der Waals surface area (Å²) in [7, 11) is 0. The van der Waals surface area contributed by atoms with Crippen LogP contribution in [0.5, 0.6) is 0 Å². The van der Waals surface area contributed by atoms with E-state index in [2.05, 4.69) is 5.32 Å². The van der Waals surface area contributed by atoms with Gasteiger partial charge in [-0.05, 0) is 67.3 Å². The number of hydrogen-bond acceptors (Lipinski definition) is 3. The smallest absolute Gasteiger partial charge is 0.407 e. The number of alkyl carbamates (subject to hydrolysis) is 1. The number of benzene rings is 1. The molecular weight excluding hydrogens is 302 g/mol. The Balaban J connectivity index is 1.38. The molecule has 0 spiro atoms. The van der Waals surface area contributed by atoms with Gasteiger partial charge in [0.1, 0.15) is 6.61 Å². The fourth-order valence-electron chi connectivity index (χ4n) is 5.90. The highest BCUT2D eigenvalue weighted by Crippen LogP contribution is 2.61. The second-order valence-corrected chi connectivity index (χ2v) is 8.22. The van der Waals surface area contributed by atoms with Gasteiger partial charge in [-0.25, -0.2) is 4.79 Å². The van der Waals surface area contributed by atoms with E-state index >= 15 is 0 Å². The molecule has 1 aromatic rings. The van der Waals surface area contributed by atoms with Crippen LogP contribution in [0.1, 0.15) is 44.1 Å². The van der Waals surface area contributed by atoms with Crippen molar-refractivity contribution in [2.45, 2.75) is 51.2 Å². The van der Waals surface area contributed by atoms with Gasteiger partial charge >= 0.3 is 6.09 Å². The molecule has 0 unspecified atom stereocenters.